The van der Waals surface area contributed by atoms with Crippen LogP contribution in [-0.2, 0) is 0 Å². The van der Waals surface area contributed by atoms with Crippen LogP contribution >= 0.6 is 0 Å². The summed E-state index contributed by atoms with van der Waals surface area (Å²) in [6, 6.07) is 12.2. The number of hydrogen-bond acceptors (Lipinski definition) is 5. The molecule has 1 atom stereocenters. The van der Waals surface area contributed by atoms with Crippen molar-refractivity contribution in [3.05, 3.63) is 54.2 Å². The number of fused-ring (bicyclic) bond motifs is 2. The van der Waals surface area contributed by atoms with Crippen molar-refractivity contribution in [1.82, 2.24) is 19.6 Å². The van der Waals surface area contributed by atoms with Crippen molar-refractivity contribution in [2.75, 3.05) is 11.9 Å². The smallest absolute Gasteiger partial charge is 0.254 e. The van der Waals surface area contributed by atoms with Gasteiger partial charge < -0.3 is 9.32 Å². The first-order valence-electron chi connectivity index (χ1n) is 7.52. The lowest BCUT2D eigenvalue weighted by atomic mass is 10.2. The Labute approximate surface area is 133 Å². The molecule has 0 amide bonds. The number of hydrogen-bond donors (Lipinski definition) is 0. The van der Waals surface area contributed by atoms with Crippen LogP contribution in [0.2, 0.25) is 0 Å². The molecule has 0 aliphatic carbocycles. The van der Waals surface area contributed by atoms with Gasteiger partial charge in [-0.25, -0.2) is 4.98 Å². The Hall–Kier alpha value is -2.89. The molecule has 3 aromatic heterocycles. The maximum atomic E-state index is 5.99. The average Bonchev–Trinajstić information content (AvgIpc) is 3.18. The molecule has 0 aliphatic rings. The lowest BCUT2D eigenvalue weighted by Crippen LogP contribution is -2.24. The van der Waals surface area contributed by atoms with E-state index < -0.39 is 0 Å². The normalized spacial score (nSPS) is 12.8. The first-order chi connectivity index (χ1) is 11.1. The Bertz CT molecular complexity index is 954. The molecule has 0 fully saturated rings. The molecule has 4 aromatic rings. The van der Waals surface area contributed by atoms with Crippen LogP contribution in [0.1, 0.15) is 24.4 Å². The quantitative estimate of drug-likeness (QED) is 0.581. The summed E-state index contributed by atoms with van der Waals surface area (Å²) in [7, 11) is 2.02. The van der Waals surface area contributed by atoms with E-state index >= 15 is 0 Å². The standard InChI is InChI=1S/C17H17N5O/c1-11-8-16(22-17(20-11)18-10-19-22)21(3)12(2)15-9-13-6-4-5-7-14(13)23-15/h4-10,12H,1-3H3. The van der Waals surface area contributed by atoms with Gasteiger partial charge in [0.05, 0.1) is 6.04 Å². The maximum Gasteiger partial charge on any atom is 0.254 e. The van der Waals surface area contributed by atoms with Crippen LogP contribution in [0.5, 0.6) is 0 Å². The number of nitrogens with zero attached hydrogens (tertiary/aromatic N) is 5. The maximum absolute atomic E-state index is 5.99. The Morgan fingerprint density at radius 2 is 2.04 bits per heavy atom. The Kier molecular flexibility index (Phi) is 3.04. The second-order valence-electron chi connectivity index (χ2n) is 5.70. The van der Waals surface area contributed by atoms with Gasteiger partial charge in [-0.3, -0.25) is 0 Å². The lowest BCUT2D eigenvalue weighted by molar-refractivity contribution is 0.499. The Balaban J connectivity index is 1.77. The van der Waals surface area contributed by atoms with E-state index in [0.29, 0.717) is 5.78 Å². The molecule has 6 heteroatoms. The van der Waals surface area contributed by atoms with Crippen LogP contribution in [0.15, 0.2) is 47.1 Å². The van der Waals surface area contributed by atoms with Crippen LogP contribution in [0.4, 0.5) is 5.82 Å². The third-order valence-electron chi connectivity index (χ3n) is 4.16. The highest BCUT2D eigenvalue weighted by molar-refractivity contribution is 5.77. The third-order valence-corrected chi connectivity index (χ3v) is 4.16. The van der Waals surface area contributed by atoms with Gasteiger partial charge in [0.1, 0.15) is 23.5 Å². The van der Waals surface area contributed by atoms with Crippen molar-refractivity contribution in [3.63, 3.8) is 0 Å². The lowest BCUT2D eigenvalue weighted by Gasteiger charge is -2.25. The van der Waals surface area contributed by atoms with Crippen LogP contribution in [-0.4, -0.2) is 26.6 Å². The number of aromatic nitrogens is 4. The highest BCUT2D eigenvalue weighted by Gasteiger charge is 2.20. The van der Waals surface area contributed by atoms with Crippen molar-refractivity contribution in [3.8, 4) is 0 Å². The Morgan fingerprint density at radius 3 is 2.87 bits per heavy atom. The zero-order valence-electron chi connectivity index (χ0n) is 13.3. The van der Waals surface area contributed by atoms with Gasteiger partial charge in [-0.2, -0.15) is 14.6 Å². The second kappa shape index (κ2) is 5.08. The van der Waals surface area contributed by atoms with E-state index in [1.807, 2.05) is 38.2 Å². The van der Waals surface area contributed by atoms with Crippen molar-refractivity contribution in [1.29, 1.82) is 0 Å². The molecule has 0 spiro atoms. The number of benzene rings is 1. The summed E-state index contributed by atoms with van der Waals surface area (Å²) in [5.74, 6) is 2.44. The summed E-state index contributed by atoms with van der Waals surface area (Å²) in [4.78, 5) is 10.7. The predicted octanol–water partition coefficient (Wildman–Crippen LogP) is 3.38. The van der Waals surface area contributed by atoms with Gasteiger partial charge in [0.2, 0.25) is 0 Å². The molecule has 116 valence electrons. The fourth-order valence-electron chi connectivity index (χ4n) is 2.76. The monoisotopic (exact) mass is 307 g/mol. The van der Waals surface area contributed by atoms with Gasteiger partial charge in [-0.05, 0) is 26.0 Å². The van der Waals surface area contributed by atoms with Crippen molar-refractivity contribution in [2.24, 2.45) is 0 Å². The summed E-state index contributed by atoms with van der Waals surface area (Å²) in [5, 5.41) is 5.38. The minimum Gasteiger partial charge on any atom is -0.459 e. The molecular weight excluding hydrogens is 290 g/mol. The highest BCUT2D eigenvalue weighted by atomic mass is 16.3. The van der Waals surface area contributed by atoms with Gasteiger partial charge in [0.25, 0.3) is 5.78 Å². The second-order valence-corrected chi connectivity index (χ2v) is 5.70. The van der Waals surface area contributed by atoms with E-state index in [4.69, 9.17) is 4.42 Å². The number of para-hydroxylation sites is 1. The van der Waals surface area contributed by atoms with Crippen LogP contribution in [0.3, 0.4) is 0 Å². The zero-order valence-corrected chi connectivity index (χ0v) is 13.3. The van der Waals surface area contributed by atoms with Crippen molar-refractivity contribution in [2.45, 2.75) is 19.9 Å². The first-order valence-corrected chi connectivity index (χ1v) is 7.52. The zero-order chi connectivity index (χ0) is 16.0. The van der Waals surface area contributed by atoms with Crippen LogP contribution < -0.4 is 4.90 Å². The number of rotatable bonds is 3. The third kappa shape index (κ3) is 2.23. The van der Waals surface area contributed by atoms with E-state index in [0.717, 1.165) is 28.2 Å². The molecule has 0 bridgehead atoms. The van der Waals surface area contributed by atoms with E-state index in [1.165, 1.54) is 6.33 Å². The molecule has 6 nitrogen and oxygen atoms in total. The topological polar surface area (TPSA) is 59.5 Å². The number of furan rings is 1. The fraction of sp³-hybridized carbons (Fsp3) is 0.235. The number of anilines is 1. The summed E-state index contributed by atoms with van der Waals surface area (Å²) in [5.41, 5.74) is 1.81. The molecule has 1 aromatic carbocycles. The first kappa shape index (κ1) is 13.8. The summed E-state index contributed by atoms with van der Waals surface area (Å²) in [6.45, 7) is 4.06. The highest BCUT2D eigenvalue weighted by Crippen LogP contribution is 2.29. The summed E-state index contributed by atoms with van der Waals surface area (Å²) < 4.78 is 7.74. The van der Waals surface area contributed by atoms with E-state index in [1.54, 1.807) is 4.52 Å². The molecule has 0 saturated heterocycles. The van der Waals surface area contributed by atoms with Crippen LogP contribution in [0, 0.1) is 6.92 Å². The fourth-order valence-corrected chi connectivity index (χ4v) is 2.76. The minimum atomic E-state index is 0.0524. The molecule has 0 saturated carbocycles. The molecule has 0 aliphatic heterocycles. The largest absolute Gasteiger partial charge is 0.459 e. The molecule has 3 heterocycles. The number of aryl methyl sites for hydroxylation is 1. The molecular formula is C17H17N5O. The predicted molar refractivity (Wildman–Crippen MR) is 88.6 cm³/mol. The Morgan fingerprint density at radius 1 is 1.22 bits per heavy atom. The molecule has 23 heavy (non-hydrogen) atoms. The van der Waals surface area contributed by atoms with Gasteiger partial charge in [-0.15, -0.1) is 0 Å². The minimum absolute atomic E-state index is 0.0524. The van der Waals surface area contributed by atoms with Gasteiger partial charge >= 0.3 is 0 Å². The summed E-state index contributed by atoms with van der Waals surface area (Å²) >= 11 is 0. The van der Waals surface area contributed by atoms with Crippen molar-refractivity contribution >= 4 is 22.6 Å². The molecule has 0 radical (unpaired) electrons. The molecule has 4 rings (SSSR count). The SMILES string of the molecule is Cc1cc(N(C)C(C)c2cc3ccccc3o2)n2ncnc2n1. The van der Waals surface area contributed by atoms with Crippen LogP contribution in [0.25, 0.3) is 16.7 Å². The van der Waals surface area contributed by atoms with E-state index in [9.17, 15) is 0 Å². The van der Waals surface area contributed by atoms with Gasteiger partial charge in [-0.1, -0.05) is 18.2 Å². The van der Waals surface area contributed by atoms with Gasteiger partial charge in [0.15, 0.2) is 0 Å². The average molecular weight is 307 g/mol. The molecule has 1 unspecified atom stereocenters. The van der Waals surface area contributed by atoms with E-state index in [-0.39, 0.29) is 6.04 Å². The van der Waals surface area contributed by atoms with Crippen molar-refractivity contribution < 1.29 is 4.42 Å². The molecule has 0 N–H and O–H groups in total. The summed E-state index contributed by atoms with van der Waals surface area (Å²) in [6.07, 6.45) is 1.52. The van der Waals surface area contributed by atoms with E-state index in [2.05, 4.69) is 39.0 Å². The van der Waals surface area contributed by atoms with Gasteiger partial charge in [0, 0.05) is 24.2 Å².